The summed E-state index contributed by atoms with van der Waals surface area (Å²) in [4.78, 5) is 14.4. The summed E-state index contributed by atoms with van der Waals surface area (Å²) in [5.74, 6) is -0.174. The third-order valence-electron chi connectivity index (χ3n) is 1.30. The predicted molar refractivity (Wildman–Crippen MR) is 41.7 cm³/mol. The lowest BCUT2D eigenvalue weighted by Crippen LogP contribution is -2.17. The van der Waals surface area contributed by atoms with E-state index in [-0.39, 0.29) is 5.91 Å². The summed E-state index contributed by atoms with van der Waals surface area (Å²) in [6, 6.07) is 5.53. The van der Waals surface area contributed by atoms with Crippen molar-refractivity contribution in [2.75, 3.05) is 0 Å². The molecule has 0 fully saturated rings. The molecule has 3 nitrogen and oxygen atoms in total. The van der Waals surface area contributed by atoms with Crippen LogP contribution in [0.1, 0.15) is 6.92 Å². The molecule has 0 saturated carbocycles. The number of pyridine rings is 1. The molecule has 0 spiro atoms. The van der Waals surface area contributed by atoms with Gasteiger partial charge in [-0.1, -0.05) is 6.07 Å². The van der Waals surface area contributed by atoms with Gasteiger partial charge in [0.1, 0.15) is 5.49 Å². The highest BCUT2D eigenvalue weighted by molar-refractivity contribution is 5.73. The molecule has 0 radical (unpaired) electrons. The van der Waals surface area contributed by atoms with Crippen molar-refractivity contribution in [3.05, 3.63) is 29.9 Å². The van der Waals surface area contributed by atoms with Gasteiger partial charge >= 0.3 is 0 Å². The molecule has 0 unspecified atom stereocenters. The number of hydrogen-bond acceptors (Lipinski definition) is 1. The van der Waals surface area contributed by atoms with Crippen LogP contribution in [0.3, 0.4) is 0 Å². The average Bonchev–Trinajstić information content (AvgIpc) is 1.93. The first kappa shape index (κ1) is 7.72. The highest BCUT2D eigenvalue weighted by Gasteiger charge is 1.86. The smallest absolute Gasteiger partial charge is 0.244 e. The summed E-state index contributed by atoms with van der Waals surface area (Å²) in [6.45, 7) is 1.44. The summed E-state index contributed by atoms with van der Waals surface area (Å²) < 4.78 is 1.79. The van der Waals surface area contributed by atoms with Gasteiger partial charge in [0, 0.05) is 20.2 Å². The van der Waals surface area contributed by atoms with Gasteiger partial charge in [-0.3, -0.25) is 4.79 Å². The minimum Gasteiger partial charge on any atom is -0.336 e. The van der Waals surface area contributed by atoms with Gasteiger partial charge in [-0.15, -0.1) is 0 Å². The summed E-state index contributed by atoms with van der Waals surface area (Å²) in [7, 11) is 1.85. The van der Waals surface area contributed by atoms with E-state index in [0.29, 0.717) is 5.49 Å². The Morgan fingerprint density at radius 1 is 1.55 bits per heavy atom. The van der Waals surface area contributed by atoms with Crippen molar-refractivity contribution in [2.24, 2.45) is 12.0 Å². The van der Waals surface area contributed by atoms with Crippen molar-refractivity contribution >= 4 is 5.91 Å². The minimum absolute atomic E-state index is 0.174. The fraction of sp³-hybridized carbons (Fsp3) is 0.250. The van der Waals surface area contributed by atoms with Crippen molar-refractivity contribution in [2.45, 2.75) is 6.92 Å². The minimum atomic E-state index is -0.174. The van der Waals surface area contributed by atoms with E-state index in [4.69, 9.17) is 0 Å². The summed E-state index contributed by atoms with van der Waals surface area (Å²) in [6.07, 6.45) is 1.85. The molecule has 3 heteroatoms. The molecule has 11 heavy (non-hydrogen) atoms. The average molecular weight is 150 g/mol. The van der Waals surface area contributed by atoms with Gasteiger partial charge in [0.2, 0.25) is 5.91 Å². The number of aryl methyl sites for hydroxylation is 1. The molecular formula is C8H10N2O. The maximum absolute atomic E-state index is 10.6. The predicted octanol–water partition coefficient (Wildman–Crippen LogP) is 0.472. The zero-order valence-corrected chi connectivity index (χ0v) is 6.61. The highest BCUT2D eigenvalue weighted by Crippen LogP contribution is 1.77. The number of amides is 1. The Balaban J connectivity index is 3.23. The van der Waals surface area contributed by atoms with Crippen LogP contribution in [-0.4, -0.2) is 10.5 Å². The Hall–Kier alpha value is -1.38. The SMILES string of the molecule is CC(=O)N=c1ccccn1C. The number of carbonyl (C=O) groups is 1. The van der Waals surface area contributed by atoms with Gasteiger partial charge in [-0.25, -0.2) is 0 Å². The molecule has 1 aromatic rings. The van der Waals surface area contributed by atoms with Gasteiger partial charge < -0.3 is 4.57 Å². The van der Waals surface area contributed by atoms with Crippen LogP contribution in [0.2, 0.25) is 0 Å². The van der Waals surface area contributed by atoms with E-state index in [9.17, 15) is 4.79 Å². The lowest BCUT2D eigenvalue weighted by molar-refractivity contribution is -0.116. The van der Waals surface area contributed by atoms with Gasteiger partial charge in [-0.05, 0) is 12.1 Å². The maximum atomic E-state index is 10.6. The zero-order chi connectivity index (χ0) is 8.27. The third kappa shape index (κ3) is 2.04. The Labute approximate surface area is 65.0 Å². The van der Waals surface area contributed by atoms with Crippen LogP contribution in [-0.2, 0) is 11.8 Å². The summed E-state index contributed by atoms with van der Waals surface area (Å²) in [5, 5.41) is 0. The molecule has 1 aromatic heterocycles. The molecule has 0 atom stereocenters. The summed E-state index contributed by atoms with van der Waals surface area (Å²) >= 11 is 0. The molecule has 1 amide bonds. The molecule has 0 saturated heterocycles. The highest BCUT2D eigenvalue weighted by atomic mass is 16.1. The number of rotatable bonds is 0. The van der Waals surface area contributed by atoms with Crippen LogP contribution < -0.4 is 5.49 Å². The second-order valence-electron chi connectivity index (χ2n) is 2.30. The first-order valence-corrected chi connectivity index (χ1v) is 3.37. The van der Waals surface area contributed by atoms with E-state index < -0.39 is 0 Å². The van der Waals surface area contributed by atoms with Crippen LogP contribution in [0.25, 0.3) is 0 Å². The second-order valence-corrected chi connectivity index (χ2v) is 2.30. The van der Waals surface area contributed by atoms with Crippen molar-refractivity contribution in [3.8, 4) is 0 Å². The molecule has 0 aliphatic heterocycles. The molecule has 1 heterocycles. The van der Waals surface area contributed by atoms with Crippen molar-refractivity contribution < 1.29 is 4.79 Å². The number of hydrogen-bond donors (Lipinski definition) is 0. The second kappa shape index (κ2) is 3.14. The van der Waals surface area contributed by atoms with E-state index in [1.165, 1.54) is 6.92 Å². The largest absolute Gasteiger partial charge is 0.336 e. The maximum Gasteiger partial charge on any atom is 0.244 e. The molecular weight excluding hydrogens is 140 g/mol. The van der Waals surface area contributed by atoms with Gasteiger partial charge in [0.25, 0.3) is 0 Å². The van der Waals surface area contributed by atoms with Crippen molar-refractivity contribution in [3.63, 3.8) is 0 Å². The summed E-state index contributed by atoms with van der Waals surface area (Å²) in [5.41, 5.74) is 0.681. The molecule has 0 aliphatic carbocycles. The van der Waals surface area contributed by atoms with Crippen molar-refractivity contribution in [1.82, 2.24) is 4.57 Å². The standard InChI is InChI=1S/C8H10N2O/c1-7(11)9-8-5-3-4-6-10(8)2/h3-6H,1-2H3. The first-order chi connectivity index (χ1) is 5.20. The van der Waals surface area contributed by atoms with E-state index in [1.807, 2.05) is 25.4 Å². The van der Waals surface area contributed by atoms with Crippen LogP contribution in [0.5, 0.6) is 0 Å². The quantitative estimate of drug-likeness (QED) is 0.529. The first-order valence-electron chi connectivity index (χ1n) is 3.37. The molecule has 1 rings (SSSR count). The molecule has 58 valence electrons. The van der Waals surface area contributed by atoms with Crippen LogP contribution >= 0.6 is 0 Å². The molecule has 0 aromatic carbocycles. The molecule has 0 aliphatic rings. The lowest BCUT2D eigenvalue weighted by atomic mass is 10.5. The van der Waals surface area contributed by atoms with Gasteiger partial charge in [0.15, 0.2) is 0 Å². The topological polar surface area (TPSA) is 34.4 Å². The normalized spacial score (nSPS) is 11.6. The van der Waals surface area contributed by atoms with Crippen LogP contribution in [0.4, 0.5) is 0 Å². The van der Waals surface area contributed by atoms with E-state index in [1.54, 1.807) is 10.6 Å². The Morgan fingerprint density at radius 3 is 2.82 bits per heavy atom. The Kier molecular flexibility index (Phi) is 2.21. The number of aromatic nitrogens is 1. The van der Waals surface area contributed by atoms with E-state index >= 15 is 0 Å². The molecule has 0 N–H and O–H groups in total. The third-order valence-corrected chi connectivity index (χ3v) is 1.30. The van der Waals surface area contributed by atoms with Crippen LogP contribution in [0.15, 0.2) is 29.4 Å². The Morgan fingerprint density at radius 2 is 2.27 bits per heavy atom. The fourth-order valence-corrected chi connectivity index (χ4v) is 0.792. The van der Waals surface area contributed by atoms with Gasteiger partial charge in [0.05, 0.1) is 0 Å². The zero-order valence-electron chi connectivity index (χ0n) is 6.61. The van der Waals surface area contributed by atoms with Crippen LogP contribution in [0, 0.1) is 0 Å². The monoisotopic (exact) mass is 150 g/mol. The lowest BCUT2D eigenvalue weighted by Gasteiger charge is -1.95. The van der Waals surface area contributed by atoms with Gasteiger partial charge in [-0.2, -0.15) is 4.99 Å². The molecule has 0 bridgehead atoms. The number of nitrogens with zero attached hydrogens (tertiary/aromatic N) is 2. The van der Waals surface area contributed by atoms with E-state index in [0.717, 1.165) is 0 Å². The Bertz CT molecular complexity index is 325. The number of carbonyl (C=O) groups excluding carboxylic acids is 1. The fourth-order valence-electron chi connectivity index (χ4n) is 0.792. The van der Waals surface area contributed by atoms with Crippen molar-refractivity contribution in [1.29, 1.82) is 0 Å². The van der Waals surface area contributed by atoms with E-state index in [2.05, 4.69) is 4.99 Å².